The molecule has 778 valence electrons. The highest BCUT2D eigenvalue weighted by atomic mass is 32.1. The molecule has 12 N–H and O–H groups in total. The molecule has 0 bridgehead atoms. The largest absolute Gasteiger partial charge is 0.481 e. The van der Waals surface area contributed by atoms with Crippen molar-refractivity contribution < 1.29 is 110 Å². The van der Waals surface area contributed by atoms with Crippen molar-refractivity contribution in [3.63, 3.8) is 0 Å². The summed E-state index contributed by atoms with van der Waals surface area (Å²) >= 11 is 1.06. The zero-order chi connectivity index (χ0) is 103. The Bertz CT molecular complexity index is 5030. The first-order chi connectivity index (χ1) is 68.3. The molecule has 6 aromatic rings. The van der Waals surface area contributed by atoms with E-state index in [1.807, 2.05) is 99.9 Å². The summed E-state index contributed by atoms with van der Waals surface area (Å²) in [5, 5.41) is 47.9. The number of thiazole rings is 1. The lowest BCUT2D eigenvalue weighted by Crippen LogP contribution is -2.58. The number of hydrogen-bond donors (Lipinski definition) is 11. The Kier molecular flexibility index (Phi) is 50.2. The van der Waals surface area contributed by atoms with Gasteiger partial charge in [0.2, 0.25) is 35.4 Å². The molecule has 4 aromatic carbocycles. The summed E-state index contributed by atoms with van der Waals surface area (Å²) in [7, 11) is 3.77. The highest BCUT2D eigenvalue weighted by Gasteiger charge is 2.42. The number of piperidine rings is 1. The molecule has 2 aromatic heterocycles. The van der Waals surface area contributed by atoms with Gasteiger partial charge in [0.05, 0.1) is 141 Å². The number of unbranched alkanes of at least 4 members (excludes halogenated alkanes) is 1. The molecule has 41 heteroatoms. The van der Waals surface area contributed by atoms with Crippen molar-refractivity contribution in [3.05, 3.63) is 130 Å². The average Bonchev–Trinajstić information content (AvgIpc) is 1.54. The van der Waals surface area contributed by atoms with E-state index in [0.29, 0.717) is 106 Å². The Morgan fingerprint density at radius 1 is 0.662 bits per heavy atom. The van der Waals surface area contributed by atoms with Crippen LogP contribution in [0.1, 0.15) is 184 Å². The lowest BCUT2D eigenvalue weighted by molar-refractivity contribution is -0.213. The van der Waals surface area contributed by atoms with Crippen molar-refractivity contribution in [3.8, 4) is 34.9 Å². The van der Waals surface area contributed by atoms with E-state index in [-0.39, 0.29) is 177 Å². The predicted molar refractivity (Wildman–Crippen MR) is 533 cm³/mol. The smallest absolute Gasteiger partial charge is 0.411 e. The number of carbonyl (C=O) groups excluding carboxylic acids is 11. The molecule has 2 aliphatic rings. The molecule has 2 aliphatic heterocycles. The lowest BCUT2D eigenvalue weighted by atomic mass is 9.84. The zero-order valence-electron chi connectivity index (χ0n) is 83.7. The summed E-state index contributed by atoms with van der Waals surface area (Å²) in [6, 6.07) is 22.6. The summed E-state index contributed by atoms with van der Waals surface area (Å²) in [4.78, 5) is 176. The van der Waals surface area contributed by atoms with E-state index in [9.17, 15) is 62.6 Å². The van der Waals surface area contributed by atoms with Gasteiger partial charge in [-0.05, 0) is 144 Å². The van der Waals surface area contributed by atoms with Gasteiger partial charge in [0.25, 0.3) is 11.8 Å². The number of carbonyl (C=O) groups is 12. The minimum absolute atomic E-state index is 0.0101. The molecular weight excluding hydrogens is 1850 g/mol. The molecule has 8 atom stereocenters. The number of anilines is 3. The van der Waals surface area contributed by atoms with Gasteiger partial charge >= 0.3 is 24.1 Å². The van der Waals surface area contributed by atoms with E-state index >= 15 is 0 Å². The van der Waals surface area contributed by atoms with Gasteiger partial charge in [0.15, 0.2) is 6.10 Å². The number of benzene rings is 4. The second-order valence-electron chi connectivity index (χ2n) is 36.2. The van der Waals surface area contributed by atoms with E-state index in [1.165, 1.54) is 17.4 Å². The molecule has 0 spiro atoms. The van der Waals surface area contributed by atoms with Gasteiger partial charge in [-0.15, -0.1) is 28.8 Å². The maximum absolute atomic E-state index is 15.0. The van der Waals surface area contributed by atoms with Gasteiger partial charge in [-0.3, -0.25) is 63.0 Å². The van der Waals surface area contributed by atoms with Crippen molar-refractivity contribution in [2.24, 2.45) is 28.9 Å². The molecule has 40 nitrogen and oxygen atoms in total. The standard InChI is InChI=1S/C101H145N17O23S/c1-13-15-22-46-140-118(97(127)89(69(7)14-2)112-94(125)82-29-20-21-44-115(82)12)83(67(3)4)62-84(141-70(8)119)96-110-80(66-142-96)93(124)107-76(63-101(9,10)98(128)129)61-71-30-34-75(35-31-71)108-100(131)139-65-72-32-36-74(37-33-72)106-92(123)79(27-23-41-105-99(102)130)109-95(126)88(68(5)6)111-86(121)40-47-132-51-55-136-59-60-138-57-53-134-49-43-104-85(120)38-39-87(122)116-64-73-24-16-17-25-77(73)91-90(78-26-18-19-28-81(78)116)113-114-117(91)45-50-135-54-58-137-56-52-133-48-42-103-11/h1,16-19,24-26,28,30-37,66-69,76,79,82-84,88-89,103H,14-15,20-23,27,29,38-65H2,2-12H3,(H,104,120)(H,106,123)(H,107,124)(H,108,131)(H,109,126)(H,111,121)(H,112,125)(H,128,129)(H3,102,105,130)/t69-,76-,79-,82+,83+,84+,88-,89-/m0/s1. The van der Waals surface area contributed by atoms with Gasteiger partial charge in [0, 0.05) is 92.6 Å². The molecule has 142 heavy (non-hydrogen) atoms. The van der Waals surface area contributed by atoms with E-state index < -0.39 is 107 Å². The maximum atomic E-state index is 15.0. The first kappa shape index (κ1) is 115. The van der Waals surface area contributed by atoms with E-state index in [2.05, 4.69) is 69.1 Å². The van der Waals surface area contributed by atoms with E-state index in [4.69, 9.17) is 59.6 Å². The SMILES string of the molecule is C#CCCCON(C(=O)[C@@H](NC(=O)[C@H]1CCCCN1C)[C@@H](C)CC)[C@H](C[C@@H](OC(C)=O)c1nc(C(=O)N[C@@H](Cc2ccc(NC(=O)OCc3ccc(NC(=O)[C@H](CCCNC(N)=O)NC(=O)[C@@H](NC(=O)CCOCCOCCOCCOCCNC(=O)CCC(=O)N4Cc5ccccc5-c5c(nnn5CCOCCOCCOCCNC)-c5ccccc54)C(C)C)cc3)cc2)CC(C)(C)C(=O)O)cs1)C(C)C. The van der Waals surface area contributed by atoms with Gasteiger partial charge in [-0.25, -0.2) is 24.3 Å². The van der Waals surface area contributed by atoms with Crippen molar-refractivity contribution in [2.45, 2.75) is 214 Å². The number of nitrogens with one attached hydrogen (secondary N) is 9. The van der Waals surface area contributed by atoms with Crippen LogP contribution in [0.3, 0.4) is 0 Å². The zero-order valence-corrected chi connectivity index (χ0v) is 84.5. The third-order valence-electron chi connectivity index (χ3n) is 23.9. The van der Waals surface area contributed by atoms with Crippen LogP contribution in [0.2, 0.25) is 0 Å². The van der Waals surface area contributed by atoms with Crippen LogP contribution >= 0.6 is 11.3 Å². The van der Waals surface area contributed by atoms with Crippen molar-refractivity contribution >= 4 is 99.7 Å². The van der Waals surface area contributed by atoms with Crippen LogP contribution in [0.5, 0.6) is 0 Å². The Hall–Kier alpha value is -12.0. The number of ether oxygens (including phenoxy) is 9. The number of para-hydroxylation sites is 1. The number of hydroxylamine groups is 2. The number of terminal acetylenes is 1. The Morgan fingerprint density at radius 2 is 1.29 bits per heavy atom. The van der Waals surface area contributed by atoms with Gasteiger partial charge in [-0.1, -0.05) is 126 Å². The quantitative estimate of drug-likeness (QED) is 0.00733. The number of hydrogen-bond acceptors (Lipinski definition) is 28. The highest BCUT2D eigenvalue weighted by Crippen LogP contribution is 2.42. The molecule has 1 fully saturated rings. The molecule has 4 heterocycles. The number of likely N-dealkylation sites (N-methyl/N-ethyl adjacent to an activating group) is 2. The number of amides is 11. The summed E-state index contributed by atoms with van der Waals surface area (Å²) in [6.45, 7) is 22.4. The summed E-state index contributed by atoms with van der Waals surface area (Å²) < 4.78 is 52.8. The molecule has 11 amide bonds. The fraction of sp³-hybridized carbons (Fsp3) is 0.574. The van der Waals surface area contributed by atoms with Crippen molar-refractivity contribution in [2.75, 3.05) is 155 Å². The van der Waals surface area contributed by atoms with Crippen molar-refractivity contribution in [1.29, 1.82) is 0 Å². The number of nitrogens with zero attached hydrogens (tertiary/aromatic N) is 7. The number of fused-ring (bicyclic) bond motifs is 5. The number of primary amides is 1. The minimum atomic E-state index is -1.31. The predicted octanol–water partition coefficient (Wildman–Crippen LogP) is 9.05. The third-order valence-corrected chi connectivity index (χ3v) is 24.9. The number of nitrogens with two attached hydrogens (primary N) is 1. The van der Waals surface area contributed by atoms with Crippen LogP contribution in [0.25, 0.3) is 22.5 Å². The molecule has 0 unspecified atom stereocenters. The molecule has 0 saturated carbocycles. The topological polar surface area (TPSA) is 505 Å². The molecule has 0 radical (unpaired) electrons. The van der Waals surface area contributed by atoms with Crippen LogP contribution in [0.15, 0.2) is 102 Å². The fourth-order valence-corrected chi connectivity index (χ4v) is 16.7. The van der Waals surface area contributed by atoms with E-state index in [1.54, 1.807) is 81.1 Å². The van der Waals surface area contributed by atoms with Gasteiger partial charge < -0.3 is 101 Å². The number of urea groups is 1. The lowest BCUT2D eigenvalue weighted by Gasteiger charge is -2.39. The van der Waals surface area contributed by atoms with Gasteiger partial charge in [0.1, 0.15) is 41.1 Å². The Labute approximate surface area is 835 Å². The van der Waals surface area contributed by atoms with Crippen LogP contribution in [0, 0.1) is 35.5 Å². The van der Waals surface area contributed by atoms with Crippen LogP contribution in [-0.4, -0.2) is 282 Å². The third kappa shape index (κ3) is 39.1. The number of aliphatic carboxylic acids is 1. The Morgan fingerprint density at radius 3 is 1.92 bits per heavy atom. The molecular formula is C101H145N17O23S. The van der Waals surface area contributed by atoms with E-state index in [0.717, 1.165) is 59.7 Å². The second kappa shape index (κ2) is 61.8. The number of likely N-dealkylation sites (tertiary alicyclic amines) is 1. The summed E-state index contributed by atoms with van der Waals surface area (Å²) in [5.41, 5.74) is 10.5. The fourth-order valence-electron chi connectivity index (χ4n) is 15.8. The monoisotopic (exact) mass is 2000 g/mol. The second-order valence-corrected chi connectivity index (χ2v) is 37.1. The highest BCUT2D eigenvalue weighted by molar-refractivity contribution is 7.09. The Balaban J connectivity index is 0.719. The van der Waals surface area contributed by atoms with Crippen LogP contribution < -0.4 is 58.5 Å². The maximum Gasteiger partial charge on any atom is 0.411 e. The minimum Gasteiger partial charge on any atom is -0.481 e. The summed E-state index contributed by atoms with van der Waals surface area (Å²) in [5.74, 6) is -3.74. The molecule has 1 saturated heterocycles. The number of carboxylic acids is 1. The van der Waals surface area contributed by atoms with Gasteiger partial charge in [-0.2, -0.15) is 0 Å². The molecule has 0 aliphatic carbocycles. The van der Waals surface area contributed by atoms with Crippen molar-refractivity contribution in [1.82, 2.24) is 67.2 Å². The number of esters is 1. The summed E-state index contributed by atoms with van der Waals surface area (Å²) in [6.07, 6.45) is 7.85. The average molecular weight is 2000 g/mol. The number of carboxylic acid groups (broad SMARTS) is 1. The first-order valence-corrected chi connectivity index (χ1v) is 49.7. The van der Waals surface area contributed by atoms with Crippen LogP contribution in [-0.2, 0) is 117 Å². The first-order valence-electron chi connectivity index (χ1n) is 48.8. The normalized spacial score (nSPS) is 14.5. The number of rotatable bonds is 65. The number of aromatic nitrogens is 4. The molecule has 8 rings (SSSR count). The van der Waals surface area contributed by atoms with Crippen LogP contribution in [0.4, 0.5) is 26.7 Å².